The third-order valence-electron chi connectivity index (χ3n) is 8.00. The number of likely N-dealkylation sites (tertiary alicyclic amines) is 1. The first kappa shape index (κ1) is 28.1. The number of carbonyl (C=O) groups is 2. The number of nitrogens with zero attached hydrogens (tertiary/aromatic N) is 1. The van der Waals surface area contributed by atoms with Crippen molar-refractivity contribution in [1.82, 2.24) is 9.62 Å². The molecule has 200 valence electrons. The van der Waals surface area contributed by atoms with Crippen LogP contribution in [-0.4, -0.2) is 43.3 Å². The van der Waals surface area contributed by atoms with Gasteiger partial charge in [0.25, 0.3) is 0 Å². The van der Waals surface area contributed by atoms with Crippen molar-refractivity contribution in [3.05, 3.63) is 69.7 Å². The van der Waals surface area contributed by atoms with E-state index in [1.54, 1.807) is 12.1 Å². The molecular weight excluding hydrogens is 531 g/mol. The van der Waals surface area contributed by atoms with Crippen LogP contribution in [0, 0.1) is 5.41 Å². The van der Waals surface area contributed by atoms with Gasteiger partial charge in [-0.05, 0) is 61.1 Å². The molecule has 6 nitrogen and oxygen atoms in total. The predicted molar refractivity (Wildman–Crippen MR) is 147 cm³/mol. The normalized spacial score (nSPS) is 25.5. The van der Waals surface area contributed by atoms with Crippen LogP contribution in [0.3, 0.4) is 0 Å². The van der Waals surface area contributed by atoms with Gasteiger partial charge < -0.3 is 9.69 Å². The Morgan fingerprint density at radius 3 is 2.38 bits per heavy atom. The number of amides is 1. The van der Waals surface area contributed by atoms with Gasteiger partial charge in [-0.25, -0.2) is 13.1 Å². The summed E-state index contributed by atoms with van der Waals surface area (Å²) in [7, 11) is -3.46. The Kier molecular flexibility index (Phi) is 8.68. The Labute approximate surface area is 229 Å². The Morgan fingerprint density at radius 2 is 1.81 bits per heavy atom. The standard InChI is InChI=1S/C28H34Cl2N2O4S/c1-3-23(18-31-37(35,36)24-8-5-9-24)32-26(19-10-12-21(29)13-11-19)25(20-6-4-7-22(30)16-20)17-28(2,14-15-33)27(32)34/h4,6-7,10-13,15-16,23-26,31H,3,5,8-9,14,17-18H2,1-2H3/t23-,25?,26+,28-/m0/s1. The topological polar surface area (TPSA) is 83.6 Å². The van der Waals surface area contributed by atoms with Crippen LogP contribution in [0.2, 0.25) is 10.0 Å². The van der Waals surface area contributed by atoms with Crippen LogP contribution in [0.4, 0.5) is 0 Å². The number of benzene rings is 2. The number of carbonyl (C=O) groups excluding carboxylic acids is 2. The summed E-state index contributed by atoms with van der Waals surface area (Å²) in [5.41, 5.74) is 0.931. The second-order valence-corrected chi connectivity index (χ2v) is 13.4. The lowest BCUT2D eigenvalue weighted by Gasteiger charge is -2.52. The molecule has 1 aliphatic carbocycles. The zero-order chi connectivity index (χ0) is 26.8. The molecule has 0 radical (unpaired) electrons. The number of sulfonamides is 1. The van der Waals surface area contributed by atoms with Gasteiger partial charge in [-0.15, -0.1) is 0 Å². The van der Waals surface area contributed by atoms with Crippen LogP contribution in [0.1, 0.15) is 75.5 Å². The van der Waals surface area contributed by atoms with Crippen LogP contribution in [0.5, 0.6) is 0 Å². The summed E-state index contributed by atoms with van der Waals surface area (Å²) in [5.74, 6) is -0.313. The molecule has 0 bridgehead atoms. The fourth-order valence-corrected chi connectivity index (χ4v) is 7.54. The van der Waals surface area contributed by atoms with E-state index >= 15 is 0 Å². The van der Waals surface area contributed by atoms with E-state index in [9.17, 15) is 18.0 Å². The van der Waals surface area contributed by atoms with Gasteiger partial charge in [-0.3, -0.25) is 4.79 Å². The molecule has 1 unspecified atom stereocenters. The smallest absolute Gasteiger partial charge is 0.229 e. The van der Waals surface area contributed by atoms with E-state index in [1.807, 2.05) is 55.1 Å². The van der Waals surface area contributed by atoms with Crippen LogP contribution in [0.25, 0.3) is 0 Å². The van der Waals surface area contributed by atoms with E-state index in [-0.39, 0.29) is 36.1 Å². The zero-order valence-corrected chi connectivity index (χ0v) is 23.5. The molecule has 2 fully saturated rings. The van der Waals surface area contributed by atoms with Crippen molar-refractivity contribution >= 4 is 45.4 Å². The minimum Gasteiger partial charge on any atom is -0.330 e. The molecule has 9 heteroatoms. The Hall–Kier alpha value is -1.93. The summed E-state index contributed by atoms with van der Waals surface area (Å²) >= 11 is 12.6. The second kappa shape index (κ2) is 11.4. The highest BCUT2D eigenvalue weighted by Crippen LogP contribution is 2.52. The van der Waals surface area contributed by atoms with Gasteiger partial charge in [0.05, 0.1) is 16.7 Å². The van der Waals surface area contributed by atoms with Crippen molar-refractivity contribution < 1.29 is 18.0 Å². The molecule has 2 aliphatic rings. The highest BCUT2D eigenvalue weighted by molar-refractivity contribution is 7.90. The summed E-state index contributed by atoms with van der Waals surface area (Å²) in [6, 6.07) is 14.2. The second-order valence-electron chi connectivity index (χ2n) is 10.5. The molecule has 0 spiro atoms. The molecule has 1 amide bonds. The van der Waals surface area contributed by atoms with Crippen LogP contribution >= 0.6 is 23.2 Å². The number of nitrogens with one attached hydrogen (secondary N) is 1. The number of piperidine rings is 1. The van der Waals surface area contributed by atoms with Crippen molar-refractivity contribution in [2.75, 3.05) is 6.54 Å². The quantitative estimate of drug-likeness (QED) is 0.364. The predicted octanol–water partition coefficient (Wildman–Crippen LogP) is 5.90. The van der Waals surface area contributed by atoms with Crippen LogP contribution in [-0.2, 0) is 19.6 Å². The van der Waals surface area contributed by atoms with Gasteiger partial charge in [-0.2, -0.15) is 0 Å². The van der Waals surface area contributed by atoms with Gasteiger partial charge in [0.2, 0.25) is 15.9 Å². The van der Waals surface area contributed by atoms with E-state index < -0.39 is 21.5 Å². The number of hydrogen-bond donors (Lipinski definition) is 1. The minimum absolute atomic E-state index is 0.0803. The molecular formula is C28H34Cl2N2O4S. The fraction of sp³-hybridized carbons (Fsp3) is 0.500. The van der Waals surface area contributed by atoms with Gasteiger partial charge in [0, 0.05) is 35.0 Å². The summed E-state index contributed by atoms with van der Waals surface area (Å²) in [6.07, 6.45) is 4.12. The molecule has 4 rings (SSSR count). The Morgan fingerprint density at radius 1 is 1.11 bits per heavy atom. The largest absolute Gasteiger partial charge is 0.330 e. The molecule has 4 atom stereocenters. The molecule has 1 saturated heterocycles. The highest BCUT2D eigenvalue weighted by Gasteiger charge is 2.51. The van der Waals surface area contributed by atoms with Crippen LogP contribution in [0.15, 0.2) is 48.5 Å². The van der Waals surface area contributed by atoms with Crippen LogP contribution < -0.4 is 4.72 Å². The lowest BCUT2D eigenvalue weighted by atomic mass is 9.67. The first-order chi connectivity index (χ1) is 17.6. The van der Waals surface area contributed by atoms with Crippen molar-refractivity contribution in [1.29, 1.82) is 0 Å². The van der Waals surface area contributed by atoms with Crippen molar-refractivity contribution in [2.45, 2.75) is 75.6 Å². The summed E-state index contributed by atoms with van der Waals surface area (Å²) < 4.78 is 28.5. The van der Waals surface area contributed by atoms with Gasteiger partial charge in [-0.1, -0.05) is 67.7 Å². The molecule has 1 saturated carbocycles. The third kappa shape index (κ3) is 5.90. The number of halogens is 2. The van der Waals surface area contributed by atoms with E-state index in [0.717, 1.165) is 23.8 Å². The molecule has 37 heavy (non-hydrogen) atoms. The minimum atomic E-state index is -3.46. The zero-order valence-electron chi connectivity index (χ0n) is 21.2. The number of aldehydes is 1. The lowest BCUT2D eigenvalue weighted by Crippen LogP contribution is -2.58. The van der Waals surface area contributed by atoms with E-state index in [0.29, 0.717) is 35.7 Å². The molecule has 2 aromatic rings. The molecule has 2 aromatic carbocycles. The van der Waals surface area contributed by atoms with E-state index in [1.165, 1.54) is 0 Å². The Balaban J connectivity index is 1.80. The summed E-state index contributed by atoms with van der Waals surface area (Å²) in [5, 5.41) is 0.810. The SMILES string of the molecule is CC[C@@H](CNS(=O)(=O)C1CCC1)N1C(=O)[C@@](C)(CC=O)CC(c2cccc(Cl)c2)[C@H]1c1ccc(Cl)cc1. The summed E-state index contributed by atoms with van der Waals surface area (Å²) in [6.45, 7) is 3.90. The lowest BCUT2D eigenvalue weighted by molar-refractivity contribution is -0.156. The maximum atomic E-state index is 14.2. The van der Waals surface area contributed by atoms with Gasteiger partial charge in [0.1, 0.15) is 6.29 Å². The molecule has 1 heterocycles. The first-order valence-corrected chi connectivity index (χ1v) is 15.2. The highest BCUT2D eigenvalue weighted by atomic mass is 35.5. The molecule has 1 aliphatic heterocycles. The van der Waals surface area contributed by atoms with Crippen molar-refractivity contribution in [3.63, 3.8) is 0 Å². The third-order valence-corrected chi connectivity index (χ3v) is 10.4. The number of rotatable bonds is 10. The average Bonchev–Trinajstić information content (AvgIpc) is 2.81. The fourth-order valence-electron chi connectivity index (χ4n) is 5.60. The van der Waals surface area contributed by atoms with E-state index in [4.69, 9.17) is 23.2 Å². The molecule has 0 aromatic heterocycles. The average molecular weight is 566 g/mol. The maximum absolute atomic E-state index is 14.2. The maximum Gasteiger partial charge on any atom is 0.229 e. The molecule has 1 N–H and O–H groups in total. The monoisotopic (exact) mass is 564 g/mol. The summed E-state index contributed by atoms with van der Waals surface area (Å²) in [4.78, 5) is 27.7. The van der Waals surface area contributed by atoms with Crippen molar-refractivity contribution in [3.8, 4) is 0 Å². The van der Waals surface area contributed by atoms with Gasteiger partial charge >= 0.3 is 0 Å². The first-order valence-electron chi connectivity index (χ1n) is 12.9. The van der Waals surface area contributed by atoms with E-state index in [2.05, 4.69) is 4.72 Å². The Bertz CT molecular complexity index is 1230. The van der Waals surface area contributed by atoms with Gasteiger partial charge in [0.15, 0.2) is 0 Å². The number of hydrogen-bond acceptors (Lipinski definition) is 4. The van der Waals surface area contributed by atoms with Crippen molar-refractivity contribution in [2.24, 2.45) is 5.41 Å².